The van der Waals surface area contributed by atoms with Gasteiger partial charge in [0.15, 0.2) is 0 Å². The highest BCUT2D eigenvalue weighted by atomic mass is 32.2. The topological polar surface area (TPSA) is 65.9 Å². The number of hydrogen-bond donors (Lipinski definition) is 0. The van der Waals surface area contributed by atoms with Gasteiger partial charge in [-0.1, -0.05) is 54.2 Å². The van der Waals surface area contributed by atoms with Crippen molar-refractivity contribution in [2.45, 2.75) is 17.2 Å². The van der Waals surface area contributed by atoms with E-state index in [0.717, 1.165) is 22.8 Å². The smallest absolute Gasteiger partial charge is 0.119 e. The predicted octanol–water partition coefficient (Wildman–Crippen LogP) is 2.52. The Hall–Kier alpha value is -2.40. The zero-order valence-corrected chi connectivity index (χ0v) is 12.7. The van der Waals surface area contributed by atoms with E-state index in [1.165, 1.54) is 0 Å². The zero-order chi connectivity index (χ0) is 15.5. The standard InChI is InChI=1S/C17H14N2O2S/c1-11-16(19-14-10-6-5-9-13(14)18-11)22-15(17(20)21)12-7-3-2-4-8-12/h2-10,15H,1H3,(H,20,21)/p-1/t15-/m1/s1. The number of carboxylic acid groups (broad SMARTS) is 1. The van der Waals surface area contributed by atoms with Crippen LogP contribution in [0.5, 0.6) is 0 Å². The molecule has 0 radical (unpaired) electrons. The fourth-order valence-electron chi connectivity index (χ4n) is 2.18. The molecule has 0 aliphatic heterocycles. The number of fused-ring (bicyclic) bond motifs is 1. The van der Waals surface area contributed by atoms with Gasteiger partial charge in [0, 0.05) is 0 Å². The highest BCUT2D eigenvalue weighted by Crippen LogP contribution is 2.35. The van der Waals surface area contributed by atoms with Crippen LogP contribution in [0.25, 0.3) is 11.0 Å². The van der Waals surface area contributed by atoms with E-state index < -0.39 is 11.2 Å². The van der Waals surface area contributed by atoms with Gasteiger partial charge in [0.05, 0.1) is 27.9 Å². The second-order valence-electron chi connectivity index (χ2n) is 4.83. The summed E-state index contributed by atoms with van der Waals surface area (Å²) in [5.74, 6) is -1.13. The van der Waals surface area contributed by atoms with E-state index in [9.17, 15) is 9.90 Å². The normalized spacial score (nSPS) is 12.2. The molecule has 0 saturated carbocycles. The molecule has 5 heteroatoms. The summed E-state index contributed by atoms with van der Waals surface area (Å²) in [6.45, 7) is 1.83. The van der Waals surface area contributed by atoms with Crippen LogP contribution in [0.2, 0.25) is 0 Å². The highest BCUT2D eigenvalue weighted by Gasteiger charge is 2.17. The monoisotopic (exact) mass is 309 g/mol. The van der Waals surface area contributed by atoms with Crippen LogP contribution in [0.15, 0.2) is 59.6 Å². The molecule has 2 aromatic carbocycles. The van der Waals surface area contributed by atoms with Crippen LogP contribution in [-0.4, -0.2) is 15.9 Å². The van der Waals surface area contributed by atoms with Crippen molar-refractivity contribution in [1.82, 2.24) is 9.97 Å². The molecule has 22 heavy (non-hydrogen) atoms. The number of aliphatic carboxylic acids is 1. The Morgan fingerprint density at radius 1 is 1.00 bits per heavy atom. The Labute approximate surface area is 132 Å². The Morgan fingerprint density at radius 3 is 2.23 bits per heavy atom. The predicted molar refractivity (Wildman–Crippen MR) is 84.3 cm³/mol. The summed E-state index contributed by atoms with van der Waals surface area (Å²) in [5, 5.41) is 11.3. The minimum absolute atomic E-state index is 0.608. The molecule has 0 amide bonds. The van der Waals surface area contributed by atoms with E-state index >= 15 is 0 Å². The summed E-state index contributed by atoms with van der Waals surface area (Å²) in [5.41, 5.74) is 2.95. The van der Waals surface area contributed by atoms with Crippen molar-refractivity contribution in [2.24, 2.45) is 0 Å². The number of aryl methyl sites for hydroxylation is 1. The van der Waals surface area contributed by atoms with Gasteiger partial charge in [0.2, 0.25) is 0 Å². The second-order valence-corrected chi connectivity index (χ2v) is 5.92. The number of nitrogens with zero attached hydrogens (tertiary/aromatic N) is 2. The lowest BCUT2D eigenvalue weighted by Gasteiger charge is -2.18. The Bertz CT molecular complexity index is 821. The average Bonchev–Trinajstić information content (AvgIpc) is 2.53. The molecule has 110 valence electrons. The largest absolute Gasteiger partial charge is 0.549 e. The van der Waals surface area contributed by atoms with E-state index in [-0.39, 0.29) is 0 Å². The highest BCUT2D eigenvalue weighted by molar-refractivity contribution is 8.00. The molecule has 0 unspecified atom stereocenters. The molecule has 1 atom stereocenters. The van der Waals surface area contributed by atoms with Crippen molar-refractivity contribution in [2.75, 3.05) is 0 Å². The van der Waals surface area contributed by atoms with Gasteiger partial charge in [-0.15, -0.1) is 0 Å². The summed E-state index contributed by atoms with van der Waals surface area (Å²) in [4.78, 5) is 20.5. The molecular weight excluding hydrogens is 296 g/mol. The number of carboxylic acids is 1. The molecule has 3 rings (SSSR count). The molecule has 0 aliphatic carbocycles. The number of benzene rings is 2. The quantitative estimate of drug-likeness (QED) is 0.693. The number of aromatic nitrogens is 2. The first kappa shape index (κ1) is 14.5. The number of rotatable bonds is 4. The van der Waals surface area contributed by atoms with Gasteiger partial charge in [-0.05, 0) is 24.6 Å². The lowest BCUT2D eigenvalue weighted by Crippen LogP contribution is -2.28. The van der Waals surface area contributed by atoms with Crippen LogP contribution >= 0.6 is 11.8 Å². The van der Waals surface area contributed by atoms with Gasteiger partial charge in [-0.2, -0.15) is 0 Å². The third kappa shape index (κ3) is 2.94. The zero-order valence-electron chi connectivity index (χ0n) is 11.9. The minimum Gasteiger partial charge on any atom is -0.549 e. The lowest BCUT2D eigenvalue weighted by molar-refractivity contribution is -0.305. The Morgan fingerprint density at radius 2 is 1.59 bits per heavy atom. The summed E-state index contributed by atoms with van der Waals surface area (Å²) in [7, 11) is 0. The number of hydrogen-bond acceptors (Lipinski definition) is 5. The van der Waals surface area contributed by atoms with Gasteiger partial charge in [-0.25, -0.2) is 9.97 Å². The molecule has 3 aromatic rings. The lowest BCUT2D eigenvalue weighted by atomic mass is 10.1. The maximum atomic E-state index is 11.5. The Kier molecular flexibility index (Phi) is 4.06. The van der Waals surface area contributed by atoms with Crippen molar-refractivity contribution < 1.29 is 9.90 Å². The van der Waals surface area contributed by atoms with Gasteiger partial charge < -0.3 is 9.90 Å². The average molecular weight is 309 g/mol. The van der Waals surface area contributed by atoms with Crippen molar-refractivity contribution in [3.8, 4) is 0 Å². The van der Waals surface area contributed by atoms with Crippen LogP contribution in [-0.2, 0) is 4.79 Å². The van der Waals surface area contributed by atoms with Crippen molar-refractivity contribution in [1.29, 1.82) is 0 Å². The first-order valence-electron chi connectivity index (χ1n) is 6.81. The number of para-hydroxylation sites is 2. The molecule has 0 spiro atoms. The number of thioether (sulfide) groups is 1. The van der Waals surface area contributed by atoms with E-state index in [4.69, 9.17) is 0 Å². The Balaban J connectivity index is 2.00. The molecule has 0 aliphatic rings. The van der Waals surface area contributed by atoms with Gasteiger partial charge >= 0.3 is 0 Å². The van der Waals surface area contributed by atoms with Crippen molar-refractivity contribution in [3.63, 3.8) is 0 Å². The van der Waals surface area contributed by atoms with Gasteiger partial charge in [0.1, 0.15) is 5.03 Å². The molecule has 1 aromatic heterocycles. The summed E-state index contributed by atoms with van der Waals surface area (Å²) in [6, 6.07) is 16.6. The summed E-state index contributed by atoms with van der Waals surface area (Å²) >= 11 is 1.16. The SMILES string of the molecule is Cc1nc2ccccc2nc1S[C@@H](C(=O)[O-])c1ccccc1. The third-order valence-electron chi connectivity index (χ3n) is 3.25. The van der Waals surface area contributed by atoms with Crippen LogP contribution in [0.3, 0.4) is 0 Å². The third-order valence-corrected chi connectivity index (χ3v) is 4.56. The molecular formula is C17H13N2O2S-. The fourth-order valence-corrected chi connectivity index (χ4v) is 3.16. The first-order valence-corrected chi connectivity index (χ1v) is 7.69. The number of carbonyl (C=O) groups excluding carboxylic acids is 1. The van der Waals surface area contributed by atoms with E-state index in [2.05, 4.69) is 9.97 Å². The van der Waals surface area contributed by atoms with Crippen LogP contribution in [0, 0.1) is 6.92 Å². The summed E-state index contributed by atoms with van der Waals surface area (Å²) in [6.07, 6.45) is 0. The van der Waals surface area contributed by atoms with Crippen LogP contribution < -0.4 is 5.11 Å². The van der Waals surface area contributed by atoms with Crippen molar-refractivity contribution >= 4 is 28.8 Å². The molecule has 1 heterocycles. The maximum Gasteiger partial charge on any atom is 0.119 e. The number of carbonyl (C=O) groups is 1. The fraction of sp³-hybridized carbons (Fsp3) is 0.118. The van der Waals surface area contributed by atoms with E-state index in [1.807, 2.05) is 49.4 Å². The maximum absolute atomic E-state index is 11.5. The second kappa shape index (κ2) is 6.15. The molecule has 0 bridgehead atoms. The van der Waals surface area contributed by atoms with Crippen molar-refractivity contribution in [3.05, 3.63) is 65.9 Å². The first-order chi connectivity index (χ1) is 10.6. The van der Waals surface area contributed by atoms with Crippen LogP contribution in [0.4, 0.5) is 0 Å². The summed E-state index contributed by atoms with van der Waals surface area (Å²) < 4.78 is 0. The molecule has 4 nitrogen and oxygen atoms in total. The van der Waals surface area contributed by atoms with Gasteiger partial charge in [-0.3, -0.25) is 0 Å². The van der Waals surface area contributed by atoms with Gasteiger partial charge in [0.25, 0.3) is 0 Å². The molecule has 0 N–H and O–H groups in total. The van der Waals surface area contributed by atoms with Crippen LogP contribution in [0.1, 0.15) is 16.5 Å². The molecule has 0 fully saturated rings. The van der Waals surface area contributed by atoms with E-state index in [1.54, 1.807) is 12.1 Å². The minimum atomic E-state index is -1.13. The van der Waals surface area contributed by atoms with E-state index in [0.29, 0.717) is 16.3 Å². The molecule has 0 saturated heterocycles.